The molecule has 0 aromatic heterocycles. The van der Waals surface area contributed by atoms with Crippen molar-refractivity contribution in [3.05, 3.63) is 29.8 Å². The summed E-state index contributed by atoms with van der Waals surface area (Å²) in [5, 5.41) is 6.34. The summed E-state index contributed by atoms with van der Waals surface area (Å²) >= 11 is 1.60. The van der Waals surface area contributed by atoms with Crippen molar-refractivity contribution >= 4 is 17.7 Å². The molecule has 4 heteroatoms. The number of rotatable bonds is 9. The van der Waals surface area contributed by atoms with Crippen LogP contribution in [0.5, 0.6) is 0 Å². The smallest absolute Gasteiger partial charge is 0.230 e. The van der Waals surface area contributed by atoms with Crippen LogP contribution in [0.25, 0.3) is 0 Å². The summed E-state index contributed by atoms with van der Waals surface area (Å²) in [5.41, 5.74) is 1.26. The van der Waals surface area contributed by atoms with E-state index in [1.165, 1.54) is 5.56 Å². The molecule has 3 nitrogen and oxygen atoms in total. The van der Waals surface area contributed by atoms with E-state index in [0.29, 0.717) is 5.75 Å². The van der Waals surface area contributed by atoms with Gasteiger partial charge in [0.1, 0.15) is 0 Å². The van der Waals surface area contributed by atoms with Crippen LogP contribution in [0.15, 0.2) is 29.2 Å². The van der Waals surface area contributed by atoms with E-state index in [9.17, 15) is 4.79 Å². The van der Waals surface area contributed by atoms with E-state index in [4.69, 9.17) is 0 Å². The molecule has 0 aliphatic heterocycles. The lowest BCUT2D eigenvalue weighted by atomic mass is 10.2. The molecular weight excluding hydrogens is 268 g/mol. The lowest BCUT2D eigenvalue weighted by Gasteiger charge is -2.12. The van der Waals surface area contributed by atoms with E-state index in [-0.39, 0.29) is 11.9 Å². The van der Waals surface area contributed by atoms with Crippen molar-refractivity contribution in [3.63, 3.8) is 0 Å². The fourth-order valence-corrected chi connectivity index (χ4v) is 2.78. The van der Waals surface area contributed by atoms with E-state index >= 15 is 0 Å². The van der Waals surface area contributed by atoms with Crippen molar-refractivity contribution in [1.29, 1.82) is 0 Å². The van der Waals surface area contributed by atoms with Crippen LogP contribution >= 0.6 is 11.8 Å². The first-order valence-electron chi connectivity index (χ1n) is 7.37. The molecule has 0 heterocycles. The molecule has 0 aliphatic rings. The molecule has 0 bridgehead atoms. The van der Waals surface area contributed by atoms with Gasteiger partial charge in [0, 0.05) is 17.5 Å². The normalized spacial score (nSPS) is 12.2. The summed E-state index contributed by atoms with van der Waals surface area (Å²) in [4.78, 5) is 13.0. The number of amides is 1. The van der Waals surface area contributed by atoms with Gasteiger partial charge >= 0.3 is 0 Å². The quantitative estimate of drug-likeness (QED) is 0.687. The van der Waals surface area contributed by atoms with Gasteiger partial charge in [0.25, 0.3) is 0 Å². The van der Waals surface area contributed by atoms with Crippen LogP contribution in [0.1, 0.15) is 39.2 Å². The Balaban J connectivity index is 2.39. The molecule has 1 amide bonds. The summed E-state index contributed by atoms with van der Waals surface area (Å²) < 4.78 is 0. The second-order valence-corrected chi connectivity index (χ2v) is 6.02. The van der Waals surface area contributed by atoms with Gasteiger partial charge in [0.2, 0.25) is 5.91 Å². The van der Waals surface area contributed by atoms with Gasteiger partial charge in [-0.1, -0.05) is 32.4 Å². The summed E-state index contributed by atoms with van der Waals surface area (Å²) in [6, 6.07) is 8.63. The average molecular weight is 294 g/mol. The molecular formula is C16H26N2OS. The third-order valence-electron chi connectivity index (χ3n) is 2.98. The Morgan fingerprint density at radius 2 is 2.15 bits per heavy atom. The van der Waals surface area contributed by atoms with Crippen LogP contribution < -0.4 is 10.6 Å². The molecule has 0 aliphatic carbocycles. The van der Waals surface area contributed by atoms with Crippen molar-refractivity contribution in [1.82, 2.24) is 10.6 Å². The minimum atomic E-state index is 0.119. The van der Waals surface area contributed by atoms with Crippen molar-refractivity contribution in [2.45, 2.75) is 51.1 Å². The monoisotopic (exact) mass is 294 g/mol. The van der Waals surface area contributed by atoms with Gasteiger partial charge in [-0.3, -0.25) is 4.79 Å². The highest BCUT2D eigenvalue weighted by molar-refractivity contribution is 8.00. The zero-order chi connectivity index (χ0) is 14.8. The van der Waals surface area contributed by atoms with Crippen LogP contribution in [0.3, 0.4) is 0 Å². The molecule has 0 spiro atoms. The third-order valence-corrected chi connectivity index (χ3v) is 3.97. The Morgan fingerprint density at radius 3 is 2.85 bits per heavy atom. The predicted molar refractivity (Wildman–Crippen MR) is 87.1 cm³/mol. The number of hydrogen-bond donors (Lipinski definition) is 2. The SMILES string of the molecule is CCCC(C)NC(=O)CSc1cccc(CNCC)c1. The van der Waals surface area contributed by atoms with Crippen molar-refractivity contribution < 1.29 is 4.79 Å². The highest BCUT2D eigenvalue weighted by Crippen LogP contribution is 2.19. The predicted octanol–water partition coefficient (Wildman–Crippen LogP) is 3.19. The van der Waals surface area contributed by atoms with Crippen LogP contribution in [0, 0.1) is 0 Å². The summed E-state index contributed by atoms with van der Waals surface area (Å²) in [5.74, 6) is 0.603. The van der Waals surface area contributed by atoms with E-state index in [2.05, 4.69) is 49.6 Å². The molecule has 1 unspecified atom stereocenters. The molecule has 0 fully saturated rings. The van der Waals surface area contributed by atoms with Gasteiger partial charge in [-0.2, -0.15) is 0 Å². The van der Waals surface area contributed by atoms with Gasteiger partial charge in [0.15, 0.2) is 0 Å². The standard InChI is InChI=1S/C16H26N2OS/c1-4-7-13(3)18-16(19)12-20-15-9-6-8-14(10-15)11-17-5-2/h6,8-10,13,17H,4-5,7,11-12H2,1-3H3,(H,18,19). The van der Waals surface area contributed by atoms with Crippen LogP contribution in [0.4, 0.5) is 0 Å². The van der Waals surface area contributed by atoms with Crippen LogP contribution in [0.2, 0.25) is 0 Å². The number of carbonyl (C=O) groups is 1. The molecule has 20 heavy (non-hydrogen) atoms. The zero-order valence-corrected chi connectivity index (χ0v) is 13.6. The molecule has 0 radical (unpaired) electrons. The van der Waals surface area contributed by atoms with Gasteiger partial charge in [-0.15, -0.1) is 11.8 Å². The molecule has 1 aromatic rings. The van der Waals surface area contributed by atoms with E-state index < -0.39 is 0 Å². The second kappa shape index (κ2) is 9.83. The molecule has 2 N–H and O–H groups in total. The number of benzene rings is 1. The summed E-state index contributed by atoms with van der Waals surface area (Å²) in [6.45, 7) is 8.14. The van der Waals surface area contributed by atoms with Gasteiger partial charge < -0.3 is 10.6 Å². The largest absolute Gasteiger partial charge is 0.353 e. The number of nitrogens with one attached hydrogen (secondary N) is 2. The van der Waals surface area contributed by atoms with E-state index in [1.54, 1.807) is 11.8 Å². The molecule has 0 saturated carbocycles. The first kappa shape index (κ1) is 17.1. The second-order valence-electron chi connectivity index (χ2n) is 4.97. The lowest BCUT2D eigenvalue weighted by Crippen LogP contribution is -2.33. The molecule has 1 aromatic carbocycles. The van der Waals surface area contributed by atoms with Crippen molar-refractivity contribution in [2.75, 3.05) is 12.3 Å². The Labute approximate surface area is 126 Å². The van der Waals surface area contributed by atoms with Crippen LogP contribution in [-0.4, -0.2) is 24.2 Å². The third kappa shape index (κ3) is 6.96. The number of carbonyl (C=O) groups excluding carboxylic acids is 1. The highest BCUT2D eigenvalue weighted by Gasteiger charge is 2.07. The first-order chi connectivity index (χ1) is 9.65. The molecule has 1 rings (SSSR count). The van der Waals surface area contributed by atoms with Crippen LogP contribution in [-0.2, 0) is 11.3 Å². The minimum absolute atomic E-state index is 0.119. The Morgan fingerprint density at radius 1 is 1.35 bits per heavy atom. The topological polar surface area (TPSA) is 41.1 Å². The van der Waals surface area contributed by atoms with Crippen molar-refractivity contribution in [2.24, 2.45) is 0 Å². The van der Waals surface area contributed by atoms with Gasteiger partial charge in [0.05, 0.1) is 5.75 Å². The fraction of sp³-hybridized carbons (Fsp3) is 0.562. The summed E-state index contributed by atoms with van der Waals surface area (Å²) in [7, 11) is 0. The maximum atomic E-state index is 11.8. The zero-order valence-electron chi connectivity index (χ0n) is 12.7. The molecule has 112 valence electrons. The first-order valence-corrected chi connectivity index (χ1v) is 8.36. The molecule has 1 atom stereocenters. The minimum Gasteiger partial charge on any atom is -0.353 e. The fourth-order valence-electron chi connectivity index (χ4n) is 1.99. The Kier molecular flexibility index (Phi) is 8.38. The number of hydrogen-bond acceptors (Lipinski definition) is 3. The maximum absolute atomic E-state index is 11.8. The van der Waals surface area contributed by atoms with Gasteiger partial charge in [-0.05, 0) is 37.6 Å². The summed E-state index contributed by atoms with van der Waals surface area (Å²) in [6.07, 6.45) is 2.13. The van der Waals surface area contributed by atoms with E-state index in [1.807, 2.05) is 6.07 Å². The Hall–Kier alpha value is -1.00. The lowest BCUT2D eigenvalue weighted by molar-refractivity contribution is -0.119. The average Bonchev–Trinajstić information content (AvgIpc) is 2.43. The molecule has 0 saturated heterocycles. The van der Waals surface area contributed by atoms with Gasteiger partial charge in [-0.25, -0.2) is 0 Å². The Bertz CT molecular complexity index is 409. The number of thioether (sulfide) groups is 1. The maximum Gasteiger partial charge on any atom is 0.230 e. The van der Waals surface area contributed by atoms with Crippen molar-refractivity contribution in [3.8, 4) is 0 Å². The van der Waals surface area contributed by atoms with E-state index in [0.717, 1.165) is 30.8 Å². The highest BCUT2D eigenvalue weighted by atomic mass is 32.2.